The van der Waals surface area contributed by atoms with E-state index in [1.165, 1.54) is 12.1 Å². The standard InChI is InChI=1S/C10H6Cl4O3/c11-7(12)9(14)17-10(16)6-4-2-1-3-5(6)8(13)15/h1-4,7,9H. The van der Waals surface area contributed by atoms with Gasteiger partial charge >= 0.3 is 5.97 Å². The van der Waals surface area contributed by atoms with Crippen LogP contribution in [0.4, 0.5) is 0 Å². The Labute approximate surface area is 118 Å². The van der Waals surface area contributed by atoms with Crippen molar-refractivity contribution in [2.45, 2.75) is 10.4 Å². The number of carbonyl (C=O) groups excluding carboxylic acids is 2. The van der Waals surface area contributed by atoms with Crippen molar-refractivity contribution in [3.05, 3.63) is 35.4 Å². The van der Waals surface area contributed by atoms with E-state index in [-0.39, 0.29) is 11.1 Å². The predicted octanol–water partition coefficient (Wildman–Crippen LogP) is 3.59. The third-order valence-electron chi connectivity index (χ3n) is 1.78. The molecule has 0 N–H and O–H groups in total. The number of rotatable bonds is 4. The second-order valence-corrected chi connectivity index (χ2v) is 4.85. The topological polar surface area (TPSA) is 43.4 Å². The molecule has 0 amide bonds. The van der Waals surface area contributed by atoms with Gasteiger partial charge in [-0.25, -0.2) is 4.79 Å². The summed E-state index contributed by atoms with van der Waals surface area (Å²) < 4.78 is 4.74. The molecule has 1 aromatic rings. The van der Waals surface area contributed by atoms with Crippen LogP contribution in [0.1, 0.15) is 20.7 Å². The van der Waals surface area contributed by atoms with E-state index < -0.39 is 21.6 Å². The maximum Gasteiger partial charge on any atom is 0.340 e. The number of hydrogen-bond acceptors (Lipinski definition) is 3. The molecule has 0 radical (unpaired) electrons. The number of carbonyl (C=O) groups is 2. The monoisotopic (exact) mass is 314 g/mol. The van der Waals surface area contributed by atoms with E-state index in [0.29, 0.717) is 0 Å². The molecule has 0 aliphatic rings. The lowest BCUT2D eigenvalue weighted by molar-refractivity contribution is 0.0462. The number of benzene rings is 1. The summed E-state index contributed by atoms with van der Waals surface area (Å²) in [6, 6.07) is 5.91. The lowest BCUT2D eigenvalue weighted by Crippen LogP contribution is -2.20. The largest absolute Gasteiger partial charge is 0.439 e. The highest BCUT2D eigenvalue weighted by Crippen LogP contribution is 2.19. The van der Waals surface area contributed by atoms with Gasteiger partial charge in [0.25, 0.3) is 5.24 Å². The number of esters is 1. The molecule has 7 heteroatoms. The van der Waals surface area contributed by atoms with Crippen LogP contribution in [0.2, 0.25) is 0 Å². The van der Waals surface area contributed by atoms with Gasteiger partial charge in [-0.15, -0.1) is 0 Å². The molecule has 3 nitrogen and oxygen atoms in total. The molecule has 92 valence electrons. The van der Waals surface area contributed by atoms with Crippen molar-refractivity contribution < 1.29 is 14.3 Å². The number of ether oxygens (including phenoxy) is 1. The van der Waals surface area contributed by atoms with Gasteiger partial charge in [0.2, 0.25) is 5.56 Å². The Kier molecular flexibility index (Phi) is 5.53. The molecular weight excluding hydrogens is 310 g/mol. The van der Waals surface area contributed by atoms with Crippen LogP contribution in [-0.2, 0) is 4.74 Å². The minimum Gasteiger partial charge on any atom is -0.439 e. The molecule has 0 saturated heterocycles. The highest BCUT2D eigenvalue weighted by molar-refractivity contribution is 6.68. The summed E-state index contributed by atoms with van der Waals surface area (Å²) >= 11 is 21.7. The molecule has 0 spiro atoms. The third-order valence-corrected chi connectivity index (χ3v) is 3.04. The van der Waals surface area contributed by atoms with Crippen LogP contribution in [0.15, 0.2) is 24.3 Å². The highest BCUT2D eigenvalue weighted by Gasteiger charge is 2.22. The summed E-state index contributed by atoms with van der Waals surface area (Å²) in [6.07, 6.45) is 0. The molecule has 0 aliphatic heterocycles. The summed E-state index contributed by atoms with van der Waals surface area (Å²) in [5.74, 6) is -0.819. The average molecular weight is 316 g/mol. The van der Waals surface area contributed by atoms with Gasteiger partial charge in [0.15, 0.2) is 4.84 Å². The van der Waals surface area contributed by atoms with Crippen LogP contribution in [0.5, 0.6) is 0 Å². The zero-order chi connectivity index (χ0) is 13.0. The Hall–Kier alpha value is -0.480. The second-order valence-electron chi connectivity index (χ2n) is 2.91. The first-order valence-electron chi connectivity index (χ1n) is 4.35. The molecule has 0 aliphatic carbocycles. The zero-order valence-corrected chi connectivity index (χ0v) is 11.2. The van der Waals surface area contributed by atoms with Crippen molar-refractivity contribution in [1.82, 2.24) is 0 Å². The second kappa shape index (κ2) is 6.45. The Morgan fingerprint density at radius 1 is 1.06 bits per heavy atom. The minimum absolute atomic E-state index is 0.00660. The molecule has 0 aromatic heterocycles. The van der Waals surface area contributed by atoms with Gasteiger partial charge in [-0.3, -0.25) is 4.79 Å². The maximum atomic E-state index is 11.6. The van der Waals surface area contributed by atoms with Crippen LogP contribution < -0.4 is 0 Å². The molecule has 17 heavy (non-hydrogen) atoms. The number of alkyl halides is 3. The normalized spacial score (nSPS) is 12.3. The molecule has 0 heterocycles. The maximum absolute atomic E-state index is 11.6. The van der Waals surface area contributed by atoms with E-state index in [1.807, 2.05) is 0 Å². The van der Waals surface area contributed by atoms with Gasteiger partial charge < -0.3 is 4.74 Å². The first-order chi connectivity index (χ1) is 7.93. The molecule has 1 aromatic carbocycles. The zero-order valence-electron chi connectivity index (χ0n) is 8.20. The molecule has 1 atom stereocenters. The van der Waals surface area contributed by atoms with E-state index in [1.54, 1.807) is 12.1 Å². The van der Waals surface area contributed by atoms with Crippen LogP contribution >= 0.6 is 46.4 Å². The summed E-state index contributed by atoms with van der Waals surface area (Å²) in [6.45, 7) is 0. The van der Waals surface area contributed by atoms with E-state index in [2.05, 4.69) is 0 Å². The first-order valence-corrected chi connectivity index (χ1v) is 6.04. The van der Waals surface area contributed by atoms with Gasteiger partial charge in [-0.05, 0) is 23.7 Å². The fourth-order valence-corrected chi connectivity index (χ4v) is 1.40. The Morgan fingerprint density at radius 2 is 1.59 bits per heavy atom. The van der Waals surface area contributed by atoms with Crippen LogP contribution in [0, 0.1) is 0 Å². The van der Waals surface area contributed by atoms with Crippen LogP contribution in [0.25, 0.3) is 0 Å². The summed E-state index contributed by atoms with van der Waals surface area (Å²) in [4.78, 5) is 21.6. The average Bonchev–Trinajstić information content (AvgIpc) is 2.28. The fourth-order valence-electron chi connectivity index (χ4n) is 1.05. The van der Waals surface area contributed by atoms with Gasteiger partial charge in [0.1, 0.15) is 0 Å². The SMILES string of the molecule is O=C(Cl)c1ccccc1C(=O)OC(Cl)C(Cl)Cl. The van der Waals surface area contributed by atoms with Crippen molar-refractivity contribution >= 4 is 57.6 Å². The van der Waals surface area contributed by atoms with E-state index in [0.717, 1.165) is 0 Å². The third kappa shape index (κ3) is 4.03. The van der Waals surface area contributed by atoms with Gasteiger partial charge in [-0.1, -0.05) is 46.9 Å². The van der Waals surface area contributed by atoms with Crippen molar-refractivity contribution in [2.75, 3.05) is 0 Å². The first kappa shape index (κ1) is 14.6. The van der Waals surface area contributed by atoms with E-state index in [9.17, 15) is 9.59 Å². The van der Waals surface area contributed by atoms with E-state index in [4.69, 9.17) is 51.1 Å². The summed E-state index contributed by atoms with van der Waals surface area (Å²) in [5, 5.41) is -0.767. The van der Waals surface area contributed by atoms with Gasteiger partial charge in [0.05, 0.1) is 5.56 Å². The molecule has 1 rings (SSSR count). The smallest absolute Gasteiger partial charge is 0.340 e. The Bertz CT molecular complexity index is 433. The lowest BCUT2D eigenvalue weighted by Gasteiger charge is -2.12. The molecule has 1 unspecified atom stereocenters. The molecule has 0 saturated carbocycles. The number of halogens is 4. The molecule has 0 fully saturated rings. The quantitative estimate of drug-likeness (QED) is 0.484. The van der Waals surface area contributed by atoms with Crippen molar-refractivity contribution in [3.8, 4) is 0 Å². The van der Waals surface area contributed by atoms with E-state index >= 15 is 0 Å². The van der Waals surface area contributed by atoms with Crippen molar-refractivity contribution in [3.63, 3.8) is 0 Å². The van der Waals surface area contributed by atoms with Gasteiger partial charge in [-0.2, -0.15) is 0 Å². The fraction of sp³-hybridized carbons (Fsp3) is 0.200. The van der Waals surface area contributed by atoms with Crippen molar-refractivity contribution in [2.24, 2.45) is 0 Å². The lowest BCUT2D eigenvalue weighted by atomic mass is 10.1. The summed E-state index contributed by atoms with van der Waals surface area (Å²) in [5.41, 5.74) is -1.17. The predicted molar refractivity (Wildman–Crippen MR) is 67.2 cm³/mol. The molecule has 0 bridgehead atoms. The number of hydrogen-bond donors (Lipinski definition) is 0. The Morgan fingerprint density at radius 3 is 2.06 bits per heavy atom. The Balaban J connectivity index is 2.93. The van der Waals surface area contributed by atoms with Gasteiger partial charge in [0, 0.05) is 5.56 Å². The van der Waals surface area contributed by atoms with Crippen molar-refractivity contribution in [1.29, 1.82) is 0 Å². The highest BCUT2D eigenvalue weighted by atomic mass is 35.5. The van der Waals surface area contributed by atoms with Crippen LogP contribution in [0.3, 0.4) is 0 Å². The minimum atomic E-state index is -1.20. The summed E-state index contributed by atoms with van der Waals surface area (Å²) in [7, 11) is 0. The molecular formula is C10H6Cl4O3. The van der Waals surface area contributed by atoms with Crippen LogP contribution in [-0.4, -0.2) is 21.6 Å².